The predicted molar refractivity (Wildman–Crippen MR) is 140 cm³/mol. The van der Waals surface area contributed by atoms with Crippen molar-refractivity contribution in [2.75, 3.05) is 0 Å². The third kappa shape index (κ3) is 4.03. The predicted octanol–water partition coefficient (Wildman–Crippen LogP) is 7.34. The molecule has 3 heteroatoms. The Bertz CT molecular complexity index is 1320. The van der Waals surface area contributed by atoms with E-state index in [0.717, 1.165) is 16.5 Å². The quantitative estimate of drug-likeness (QED) is 0.181. The van der Waals surface area contributed by atoms with Crippen LogP contribution in [0.2, 0.25) is 0 Å². The van der Waals surface area contributed by atoms with E-state index in [2.05, 4.69) is 129 Å². The molecule has 1 aromatic heterocycles. The average Bonchev–Trinajstić information content (AvgIpc) is 2.79. The summed E-state index contributed by atoms with van der Waals surface area (Å²) >= 11 is 2.33. The van der Waals surface area contributed by atoms with Gasteiger partial charge in [-0.3, -0.25) is 4.98 Å². The summed E-state index contributed by atoms with van der Waals surface area (Å²) < 4.78 is 1.24. The number of halogens is 1. The third-order valence-corrected chi connectivity index (χ3v) is 6.43. The van der Waals surface area contributed by atoms with Crippen LogP contribution in [0.1, 0.15) is 0 Å². The second-order valence-electron chi connectivity index (χ2n) is 7.34. The SMILES string of the molecule is Pc1ccc(-c2ccc(-c3cnc4cc(-c5ccc(I)cc5)ccc4c3)cc2)cc1. The first-order chi connectivity index (χ1) is 14.7. The van der Waals surface area contributed by atoms with E-state index < -0.39 is 0 Å². The largest absolute Gasteiger partial charge is 0.256 e. The fourth-order valence-electron chi connectivity index (χ4n) is 3.63. The minimum absolute atomic E-state index is 1.02. The number of rotatable bonds is 3. The van der Waals surface area contributed by atoms with Crippen LogP contribution < -0.4 is 5.30 Å². The fraction of sp³-hybridized carbons (Fsp3) is 0. The minimum Gasteiger partial charge on any atom is -0.256 e. The van der Waals surface area contributed by atoms with Crippen LogP contribution in [-0.4, -0.2) is 4.98 Å². The van der Waals surface area contributed by atoms with Gasteiger partial charge < -0.3 is 0 Å². The van der Waals surface area contributed by atoms with Gasteiger partial charge in [-0.2, -0.15) is 0 Å². The molecule has 144 valence electrons. The first-order valence-corrected chi connectivity index (χ1v) is 11.4. The van der Waals surface area contributed by atoms with E-state index in [1.54, 1.807) is 0 Å². The Balaban J connectivity index is 1.45. The van der Waals surface area contributed by atoms with Gasteiger partial charge in [-0.05, 0) is 80.0 Å². The molecule has 0 radical (unpaired) electrons. The van der Waals surface area contributed by atoms with Crippen LogP contribution >= 0.6 is 31.8 Å². The van der Waals surface area contributed by atoms with Crippen LogP contribution in [-0.2, 0) is 0 Å². The topological polar surface area (TPSA) is 12.9 Å². The summed E-state index contributed by atoms with van der Waals surface area (Å²) in [5.41, 5.74) is 8.19. The summed E-state index contributed by atoms with van der Waals surface area (Å²) in [4.78, 5) is 4.75. The van der Waals surface area contributed by atoms with Crippen molar-refractivity contribution in [2.24, 2.45) is 0 Å². The molecule has 0 spiro atoms. The zero-order valence-corrected chi connectivity index (χ0v) is 19.5. The summed E-state index contributed by atoms with van der Waals surface area (Å²) in [7, 11) is 2.73. The van der Waals surface area contributed by atoms with Crippen molar-refractivity contribution in [1.29, 1.82) is 0 Å². The number of aromatic nitrogens is 1. The molecule has 1 unspecified atom stereocenters. The van der Waals surface area contributed by atoms with Gasteiger partial charge in [-0.25, -0.2) is 0 Å². The van der Waals surface area contributed by atoms with Crippen molar-refractivity contribution < 1.29 is 0 Å². The molecule has 0 saturated carbocycles. The van der Waals surface area contributed by atoms with Crippen LogP contribution in [0.15, 0.2) is 103 Å². The first kappa shape index (κ1) is 19.4. The molecule has 4 aromatic carbocycles. The molecule has 0 amide bonds. The van der Waals surface area contributed by atoms with Gasteiger partial charge in [0.1, 0.15) is 0 Å². The lowest BCUT2D eigenvalue weighted by Crippen LogP contribution is -1.88. The highest BCUT2D eigenvalue weighted by molar-refractivity contribution is 14.1. The summed E-state index contributed by atoms with van der Waals surface area (Å²) in [5.74, 6) is 0. The Labute approximate surface area is 192 Å². The lowest BCUT2D eigenvalue weighted by Gasteiger charge is -2.08. The van der Waals surface area contributed by atoms with Crippen molar-refractivity contribution in [3.05, 3.63) is 107 Å². The van der Waals surface area contributed by atoms with Crippen molar-refractivity contribution in [2.45, 2.75) is 0 Å². The highest BCUT2D eigenvalue weighted by Gasteiger charge is 2.05. The highest BCUT2D eigenvalue weighted by Crippen LogP contribution is 2.29. The van der Waals surface area contributed by atoms with Gasteiger partial charge in [-0.1, -0.05) is 72.8 Å². The van der Waals surface area contributed by atoms with Gasteiger partial charge in [0.05, 0.1) is 5.52 Å². The normalized spacial score (nSPS) is 11.0. The smallest absolute Gasteiger partial charge is 0.0708 e. The first-order valence-electron chi connectivity index (χ1n) is 9.78. The van der Waals surface area contributed by atoms with Gasteiger partial charge >= 0.3 is 0 Å². The molecule has 1 nitrogen and oxygen atoms in total. The van der Waals surface area contributed by atoms with E-state index in [4.69, 9.17) is 4.98 Å². The molecule has 0 bridgehead atoms. The van der Waals surface area contributed by atoms with Gasteiger partial charge in [0.2, 0.25) is 0 Å². The Kier molecular flexibility index (Phi) is 5.37. The Morgan fingerprint density at radius 1 is 0.533 bits per heavy atom. The molecule has 0 N–H and O–H groups in total. The molecule has 0 fully saturated rings. The average molecular weight is 515 g/mol. The summed E-state index contributed by atoms with van der Waals surface area (Å²) in [6.45, 7) is 0. The zero-order chi connectivity index (χ0) is 20.5. The van der Waals surface area contributed by atoms with E-state index in [1.165, 1.54) is 36.7 Å². The molecule has 30 heavy (non-hydrogen) atoms. The molecular formula is C27H19INP. The van der Waals surface area contributed by atoms with Crippen LogP contribution in [0.25, 0.3) is 44.3 Å². The standard InChI is InChI=1S/C27H19INP/c28-25-11-7-20(8-12-25)22-5-6-23-15-24(17-29-27(23)16-22)21-3-1-18(2-4-21)19-9-13-26(30)14-10-19/h1-17H,30H2. The van der Waals surface area contributed by atoms with Crippen molar-refractivity contribution in [3.8, 4) is 33.4 Å². The van der Waals surface area contributed by atoms with Gasteiger partial charge in [0.15, 0.2) is 0 Å². The lowest BCUT2D eigenvalue weighted by molar-refractivity contribution is 1.41. The highest BCUT2D eigenvalue weighted by atomic mass is 127. The fourth-order valence-corrected chi connectivity index (χ4v) is 4.18. The van der Waals surface area contributed by atoms with Crippen LogP contribution in [0, 0.1) is 3.57 Å². The molecule has 1 heterocycles. The molecule has 5 aromatic rings. The van der Waals surface area contributed by atoms with E-state index >= 15 is 0 Å². The summed E-state index contributed by atoms with van der Waals surface area (Å²) in [6.07, 6.45) is 1.97. The maximum Gasteiger partial charge on any atom is 0.0708 e. The van der Waals surface area contributed by atoms with Crippen molar-refractivity contribution in [3.63, 3.8) is 0 Å². The second kappa shape index (κ2) is 8.29. The monoisotopic (exact) mass is 515 g/mol. The van der Waals surface area contributed by atoms with Gasteiger partial charge in [-0.15, -0.1) is 9.24 Å². The number of fused-ring (bicyclic) bond motifs is 1. The molecular weight excluding hydrogens is 496 g/mol. The number of benzene rings is 4. The lowest BCUT2D eigenvalue weighted by atomic mass is 9.99. The number of pyridine rings is 1. The maximum atomic E-state index is 4.75. The van der Waals surface area contributed by atoms with E-state index in [9.17, 15) is 0 Å². The van der Waals surface area contributed by atoms with Crippen LogP contribution in [0.3, 0.4) is 0 Å². The molecule has 0 aliphatic rings. The van der Waals surface area contributed by atoms with Crippen LogP contribution in [0.5, 0.6) is 0 Å². The van der Waals surface area contributed by atoms with Crippen molar-refractivity contribution in [1.82, 2.24) is 4.98 Å². The Morgan fingerprint density at radius 3 is 1.70 bits per heavy atom. The summed E-state index contributed by atoms with van der Waals surface area (Å²) in [5, 5.41) is 2.35. The summed E-state index contributed by atoms with van der Waals surface area (Å²) in [6, 6.07) is 34.6. The molecule has 0 saturated heterocycles. The Hall–Kier alpha value is -2.55. The van der Waals surface area contributed by atoms with Gasteiger partial charge in [0.25, 0.3) is 0 Å². The Morgan fingerprint density at radius 2 is 1.03 bits per heavy atom. The zero-order valence-electron chi connectivity index (χ0n) is 16.2. The van der Waals surface area contributed by atoms with Crippen LogP contribution in [0.4, 0.5) is 0 Å². The number of hydrogen-bond donors (Lipinski definition) is 0. The van der Waals surface area contributed by atoms with E-state index in [-0.39, 0.29) is 0 Å². The molecule has 1 atom stereocenters. The molecule has 5 rings (SSSR count). The van der Waals surface area contributed by atoms with E-state index in [1.807, 2.05) is 6.20 Å². The maximum absolute atomic E-state index is 4.75. The second-order valence-corrected chi connectivity index (χ2v) is 9.25. The number of hydrogen-bond acceptors (Lipinski definition) is 1. The van der Waals surface area contributed by atoms with E-state index in [0.29, 0.717) is 0 Å². The minimum atomic E-state index is 1.02. The number of nitrogens with zero attached hydrogens (tertiary/aromatic N) is 1. The van der Waals surface area contributed by atoms with Crippen molar-refractivity contribution >= 4 is 48.0 Å². The molecule has 0 aliphatic carbocycles. The third-order valence-electron chi connectivity index (χ3n) is 5.32. The molecule has 0 aliphatic heterocycles. The van der Waals surface area contributed by atoms with Gasteiger partial charge in [0, 0.05) is 20.7 Å².